The van der Waals surface area contributed by atoms with Crippen LogP contribution in [0.2, 0.25) is 0 Å². The van der Waals surface area contributed by atoms with Gasteiger partial charge in [-0.05, 0) is 25.5 Å². The maximum absolute atomic E-state index is 10.8. The molecule has 0 saturated carbocycles. The Morgan fingerprint density at radius 2 is 1.72 bits per heavy atom. The predicted octanol–water partition coefficient (Wildman–Crippen LogP) is 2.31. The lowest BCUT2D eigenvalue weighted by Gasteiger charge is -2.23. The van der Waals surface area contributed by atoms with E-state index in [0.717, 1.165) is 0 Å². The highest BCUT2D eigenvalue weighted by molar-refractivity contribution is 7.85. The van der Waals surface area contributed by atoms with Gasteiger partial charge in [-0.25, -0.2) is 4.79 Å². The number of hydrogen-bond donors (Lipinski definition) is 3. The van der Waals surface area contributed by atoms with Crippen LogP contribution in [0, 0.1) is 5.41 Å². The average Bonchev–Trinajstić information content (AvgIpc) is 3.08. The molecule has 1 heterocycles. The number of carbonyl (C=O) groups excluding carboxylic acids is 1. The molecule has 1 atom stereocenters. The monoisotopic (exact) mass is 420 g/mol. The lowest BCUT2D eigenvalue weighted by Crippen LogP contribution is -2.28. The normalized spacial score (nSPS) is 20.4. The number of azo groups is 1. The quantitative estimate of drug-likeness (QED) is 0.623. The molecule has 1 aromatic rings. The van der Waals surface area contributed by atoms with Crippen LogP contribution in [0.15, 0.2) is 69.3 Å². The van der Waals surface area contributed by atoms with Crippen molar-refractivity contribution in [2.75, 3.05) is 0 Å². The van der Waals surface area contributed by atoms with Crippen LogP contribution in [-0.4, -0.2) is 41.0 Å². The number of carbonyl (C=O) groups is 3. The van der Waals surface area contributed by atoms with E-state index in [0.29, 0.717) is 11.3 Å². The molecule has 11 heteroatoms. The van der Waals surface area contributed by atoms with Crippen LogP contribution in [-0.2, 0) is 24.5 Å². The highest BCUT2D eigenvalue weighted by Gasteiger charge is 2.34. The number of rotatable bonds is 4. The van der Waals surface area contributed by atoms with Crippen molar-refractivity contribution in [3.05, 3.63) is 59.7 Å². The van der Waals surface area contributed by atoms with Gasteiger partial charge in [0.2, 0.25) is 0 Å². The molecular weight excluding hydrogens is 404 g/mol. The lowest BCUT2D eigenvalue weighted by atomic mass is 9.80. The smallest absolute Gasteiger partial charge is 0.331 e. The molecule has 1 aliphatic carbocycles. The second-order valence-electron chi connectivity index (χ2n) is 6.32. The zero-order valence-corrected chi connectivity index (χ0v) is 15.8. The van der Waals surface area contributed by atoms with Crippen molar-refractivity contribution in [2.45, 2.75) is 18.2 Å². The molecule has 2 aliphatic rings. The largest absolute Gasteiger partial charge is 0.481 e. The summed E-state index contributed by atoms with van der Waals surface area (Å²) in [5, 5.41) is 24.4. The van der Waals surface area contributed by atoms with Crippen LogP contribution >= 0.6 is 0 Å². The van der Waals surface area contributed by atoms with Gasteiger partial charge in [-0.3, -0.25) is 14.1 Å². The SMILES string of the molecule is CC1(C(=O)O)C=CC=C(C(=O)O)C1.O=C1C=C(c2ccc(S(=O)(=O)O)cc2)N=N1. The molecule has 1 amide bonds. The van der Waals surface area contributed by atoms with Gasteiger partial charge in [0.1, 0.15) is 0 Å². The first-order valence-electron chi connectivity index (χ1n) is 8.03. The first kappa shape index (κ1) is 21.9. The molecule has 29 heavy (non-hydrogen) atoms. The molecule has 3 rings (SSSR count). The Bertz CT molecular complexity index is 1080. The maximum atomic E-state index is 10.8. The number of nitrogens with zero attached hydrogens (tertiary/aromatic N) is 2. The molecule has 0 fully saturated rings. The van der Waals surface area contributed by atoms with E-state index in [1.807, 2.05) is 0 Å². The molecule has 1 aromatic carbocycles. The standard InChI is InChI=1S/C9H6N2O4S.C9H10O4/c12-9-5-8(10-11-9)6-1-3-7(4-2-6)16(13,14)15;1-9(8(12)13)4-2-3-6(5-9)7(10)11/h1-5H,(H,13,14,15);2-4H,5H2,1H3,(H,10,11)(H,12,13). The van der Waals surface area contributed by atoms with Crippen molar-refractivity contribution in [2.24, 2.45) is 15.6 Å². The summed E-state index contributed by atoms with van der Waals surface area (Å²) in [6.45, 7) is 1.50. The van der Waals surface area contributed by atoms with E-state index in [1.165, 1.54) is 55.5 Å². The number of benzene rings is 1. The fourth-order valence-electron chi connectivity index (χ4n) is 2.40. The number of carboxylic acid groups (broad SMARTS) is 2. The third-order valence-corrected chi connectivity index (χ3v) is 4.91. The average molecular weight is 420 g/mol. The van der Waals surface area contributed by atoms with Gasteiger partial charge in [0.15, 0.2) is 0 Å². The van der Waals surface area contributed by atoms with Crippen molar-refractivity contribution in [1.82, 2.24) is 0 Å². The zero-order chi connectivity index (χ0) is 21.8. The van der Waals surface area contributed by atoms with Gasteiger partial charge < -0.3 is 10.2 Å². The highest BCUT2D eigenvalue weighted by Crippen LogP contribution is 2.31. The minimum absolute atomic E-state index is 0.0359. The van der Waals surface area contributed by atoms with Crippen LogP contribution in [0.3, 0.4) is 0 Å². The Morgan fingerprint density at radius 1 is 1.10 bits per heavy atom. The molecule has 0 spiro atoms. The minimum atomic E-state index is -4.19. The fourth-order valence-corrected chi connectivity index (χ4v) is 2.88. The van der Waals surface area contributed by atoms with Crippen molar-refractivity contribution in [1.29, 1.82) is 0 Å². The van der Waals surface area contributed by atoms with Crippen LogP contribution in [0.4, 0.5) is 0 Å². The van der Waals surface area contributed by atoms with Crippen molar-refractivity contribution < 1.29 is 37.6 Å². The molecule has 0 aromatic heterocycles. The summed E-state index contributed by atoms with van der Waals surface area (Å²) in [4.78, 5) is 31.9. The van der Waals surface area contributed by atoms with E-state index in [-0.39, 0.29) is 16.9 Å². The number of allylic oxidation sites excluding steroid dienone is 2. The van der Waals surface area contributed by atoms with Crippen molar-refractivity contribution in [3.63, 3.8) is 0 Å². The van der Waals surface area contributed by atoms with E-state index in [2.05, 4.69) is 10.2 Å². The first-order valence-corrected chi connectivity index (χ1v) is 9.47. The molecule has 152 valence electrons. The predicted molar refractivity (Wildman–Crippen MR) is 99.3 cm³/mol. The third-order valence-electron chi connectivity index (χ3n) is 4.05. The van der Waals surface area contributed by atoms with Crippen molar-refractivity contribution in [3.8, 4) is 0 Å². The molecule has 1 unspecified atom stereocenters. The van der Waals surface area contributed by atoms with Crippen LogP contribution in [0.5, 0.6) is 0 Å². The summed E-state index contributed by atoms with van der Waals surface area (Å²) in [5.74, 6) is -2.51. The Hall–Kier alpha value is -3.44. The fraction of sp³-hybridized carbons (Fsp3) is 0.167. The Labute approximate surface area is 165 Å². The van der Waals surface area contributed by atoms with Gasteiger partial charge in [0.25, 0.3) is 16.0 Å². The molecular formula is C18H16N2O8S. The summed E-state index contributed by atoms with van der Waals surface area (Å²) >= 11 is 0. The number of amides is 1. The van der Waals surface area contributed by atoms with E-state index in [1.54, 1.807) is 0 Å². The summed E-state index contributed by atoms with van der Waals surface area (Å²) in [5.41, 5.74) is -0.0241. The summed E-state index contributed by atoms with van der Waals surface area (Å²) in [6, 6.07) is 5.33. The van der Waals surface area contributed by atoms with Gasteiger partial charge in [-0.2, -0.15) is 8.42 Å². The third kappa shape index (κ3) is 5.53. The number of aliphatic carboxylic acids is 2. The molecule has 0 saturated heterocycles. The second kappa shape index (κ2) is 8.29. The molecule has 10 nitrogen and oxygen atoms in total. The Kier molecular flexibility index (Phi) is 6.25. The molecule has 3 N–H and O–H groups in total. The van der Waals surface area contributed by atoms with Crippen LogP contribution in [0.1, 0.15) is 18.9 Å². The first-order chi connectivity index (χ1) is 13.4. The minimum Gasteiger partial charge on any atom is -0.481 e. The van der Waals surface area contributed by atoms with Gasteiger partial charge in [-0.1, -0.05) is 30.4 Å². The molecule has 0 radical (unpaired) electrons. The van der Waals surface area contributed by atoms with Gasteiger partial charge in [-0.15, -0.1) is 10.2 Å². The summed E-state index contributed by atoms with van der Waals surface area (Å²) in [7, 11) is -4.19. The number of hydrogen-bond acceptors (Lipinski definition) is 6. The Balaban J connectivity index is 0.000000212. The van der Waals surface area contributed by atoms with E-state index in [9.17, 15) is 22.8 Å². The maximum Gasteiger partial charge on any atom is 0.331 e. The lowest BCUT2D eigenvalue weighted by molar-refractivity contribution is -0.145. The topological polar surface area (TPSA) is 171 Å². The molecule has 1 aliphatic heterocycles. The second-order valence-corrected chi connectivity index (χ2v) is 7.74. The summed E-state index contributed by atoms with van der Waals surface area (Å²) < 4.78 is 30.3. The van der Waals surface area contributed by atoms with Gasteiger partial charge >= 0.3 is 11.9 Å². The van der Waals surface area contributed by atoms with Gasteiger partial charge in [0.05, 0.1) is 16.0 Å². The Morgan fingerprint density at radius 3 is 2.17 bits per heavy atom. The number of carboxylic acids is 2. The van der Waals surface area contributed by atoms with Gasteiger partial charge in [0, 0.05) is 17.2 Å². The van der Waals surface area contributed by atoms with E-state index in [4.69, 9.17) is 14.8 Å². The zero-order valence-electron chi connectivity index (χ0n) is 15.0. The molecule has 0 bridgehead atoms. The summed E-state index contributed by atoms with van der Waals surface area (Å²) in [6.07, 6.45) is 5.67. The van der Waals surface area contributed by atoms with Crippen molar-refractivity contribution >= 4 is 33.7 Å². The highest BCUT2D eigenvalue weighted by atomic mass is 32.2. The van der Waals surface area contributed by atoms with E-state index < -0.39 is 33.4 Å². The van der Waals surface area contributed by atoms with E-state index >= 15 is 0 Å². The van der Waals surface area contributed by atoms with Crippen LogP contribution < -0.4 is 0 Å². The van der Waals surface area contributed by atoms with Crippen LogP contribution in [0.25, 0.3) is 5.70 Å².